The van der Waals surface area contributed by atoms with Gasteiger partial charge in [-0.25, -0.2) is 9.59 Å². The van der Waals surface area contributed by atoms with Gasteiger partial charge in [0, 0.05) is 11.3 Å². The fourth-order valence-electron chi connectivity index (χ4n) is 3.65. The summed E-state index contributed by atoms with van der Waals surface area (Å²) >= 11 is 0. The molecule has 1 aliphatic rings. The molecule has 1 aliphatic heterocycles. The number of rotatable bonds is 1. The molecule has 0 unspecified atom stereocenters. The van der Waals surface area contributed by atoms with E-state index in [1.807, 2.05) is 0 Å². The average Bonchev–Trinajstić information content (AvgIpc) is 2.79. The molecule has 2 heterocycles. The van der Waals surface area contributed by atoms with Gasteiger partial charge in [0.1, 0.15) is 0 Å². The van der Waals surface area contributed by atoms with Crippen molar-refractivity contribution in [1.82, 2.24) is 4.98 Å². The van der Waals surface area contributed by atoms with Crippen molar-refractivity contribution in [2.75, 3.05) is 13.2 Å². The molecule has 5 nitrogen and oxygen atoms in total. The maximum Gasteiger partial charge on any atom is 0.339 e. The number of benzene rings is 2. The van der Waals surface area contributed by atoms with Crippen LogP contribution in [0.3, 0.4) is 0 Å². The van der Waals surface area contributed by atoms with E-state index in [-0.39, 0.29) is 24.3 Å². The van der Waals surface area contributed by atoms with Crippen molar-refractivity contribution in [1.29, 1.82) is 0 Å². The van der Waals surface area contributed by atoms with Gasteiger partial charge in [0.05, 0.1) is 30.0 Å². The van der Waals surface area contributed by atoms with E-state index in [0.717, 1.165) is 28.9 Å². The molecular weight excluding hydrogens is 390 g/mol. The lowest BCUT2D eigenvalue weighted by atomic mass is 10.0. The van der Waals surface area contributed by atoms with Crippen molar-refractivity contribution in [2.24, 2.45) is 0 Å². The Morgan fingerprint density at radius 2 is 1.39 bits per heavy atom. The number of fused-ring (bicyclic) bond motifs is 3. The lowest BCUT2D eigenvalue weighted by Gasteiger charge is -2.10. The number of cyclic esters (lactones) is 2. The zero-order chi connectivity index (χ0) is 21.6. The molecule has 0 atom stereocenters. The number of esters is 2. The number of aryl methyl sites for hydroxylation is 3. The third-order valence-corrected chi connectivity index (χ3v) is 5.31. The van der Waals surface area contributed by atoms with Gasteiger partial charge < -0.3 is 9.47 Å². The van der Waals surface area contributed by atoms with E-state index in [2.05, 4.69) is 43.3 Å². The van der Waals surface area contributed by atoms with Crippen molar-refractivity contribution >= 4 is 11.9 Å². The van der Waals surface area contributed by atoms with Crippen LogP contribution in [0.15, 0.2) is 60.7 Å². The van der Waals surface area contributed by atoms with E-state index < -0.39 is 11.9 Å². The minimum Gasteiger partial charge on any atom is -0.462 e. The second kappa shape index (κ2) is 9.56. The number of hydrogen-bond donors (Lipinski definition) is 0. The molecule has 158 valence electrons. The van der Waals surface area contributed by atoms with Gasteiger partial charge >= 0.3 is 11.9 Å². The maximum atomic E-state index is 12.5. The first kappa shape index (κ1) is 20.8. The van der Waals surface area contributed by atoms with E-state index in [4.69, 9.17) is 14.5 Å². The van der Waals surface area contributed by atoms with Gasteiger partial charge in [-0.15, -0.1) is 0 Å². The van der Waals surface area contributed by atoms with Gasteiger partial charge in [0.15, 0.2) is 0 Å². The van der Waals surface area contributed by atoms with Gasteiger partial charge in [-0.3, -0.25) is 4.98 Å². The molecule has 2 aromatic carbocycles. The van der Waals surface area contributed by atoms with E-state index in [9.17, 15) is 9.59 Å². The van der Waals surface area contributed by atoms with Crippen LogP contribution < -0.4 is 0 Å². The fourth-order valence-corrected chi connectivity index (χ4v) is 3.65. The Kier molecular flexibility index (Phi) is 6.41. The first-order valence-electron chi connectivity index (χ1n) is 10.6. The summed E-state index contributed by atoms with van der Waals surface area (Å²) in [4.78, 5) is 29.8. The quantitative estimate of drug-likeness (QED) is 0.526. The number of hydrogen-bond acceptors (Lipinski definition) is 5. The van der Waals surface area contributed by atoms with E-state index in [0.29, 0.717) is 19.3 Å². The standard InChI is InChI=1S/C26H25NO4/c1-18-10-12-20(13-11-18)24-17-19-6-4-14-30-25(28)22-8-2-3-9-23(22)26(29)31-15-5-7-21(16-19)27-24/h2-3,8-13,16-17H,4-7,14-15H2,1H3. The van der Waals surface area contributed by atoms with E-state index in [1.165, 1.54) is 5.56 Å². The number of aromatic nitrogens is 1. The Balaban J connectivity index is 1.58. The number of carbonyl (C=O) groups is 2. The molecule has 0 saturated heterocycles. The summed E-state index contributed by atoms with van der Waals surface area (Å²) in [5.74, 6) is -1.01. The molecule has 2 bridgehead atoms. The summed E-state index contributed by atoms with van der Waals surface area (Å²) in [5, 5.41) is 0. The van der Waals surface area contributed by atoms with Gasteiger partial charge in [-0.05, 0) is 62.4 Å². The first-order chi connectivity index (χ1) is 15.1. The summed E-state index contributed by atoms with van der Waals surface area (Å²) in [6.07, 6.45) is 2.83. The van der Waals surface area contributed by atoms with Crippen LogP contribution in [0.2, 0.25) is 0 Å². The Morgan fingerprint density at radius 3 is 2.03 bits per heavy atom. The van der Waals surface area contributed by atoms with Crippen LogP contribution in [0, 0.1) is 6.92 Å². The number of carbonyl (C=O) groups excluding carboxylic acids is 2. The van der Waals surface area contributed by atoms with E-state index in [1.54, 1.807) is 24.3 Å². The topological polar surface area (TPSA) is 65.5 Å². The summed E-state index contributed by atoms with van der Waals surface area (Å²) in [6, 6.07) is 19.1. The van der Waals surface area contributed by atoms with Gasteiger partial charge in [0.2, 0.25) is 0 Å². The third-order valence-electron chi connectivity index (χ3n) is 5.31. The van der Waals surface area contributed by atoms with Crippen molar-refractivity contribution < 1.29 is 19.1 Å². The summed E-state index contributed by atoms with van der Waals surface area (Å²) < 4.78 is 10.8. The van der Waals surface area contributed by atoms with Crippen molar-refractivity contribution in [3.8, 4) is 11.3 Å². The molecular formula is C26H25NO4. The highest BCUT2D eigenvalue weighted by Crippen LogP contribution is 2.22. The van der Waals surface area contributed by atoms with Gasteiger partial charge in [-0.2, -0.15) is 0 Å². The number of nitrogens with zero attached hydrogens (tertiary/aromatic N) is 1. The minimum absolute atomic E-state index is 0.239. The highest BCUT2D eigenvalue weighted by Gasteiger charge is 2.19. The van der Waals surface area contributed by atoms with E-state index >= 15 is 0 Å². The predicted octanol–water partition coefficient (Wildman–Crippen LogP) is 4.95. The van der Waals surface area contributed by atoms with Crippen LogP contribution in [-0.2, 0) is 22.3 Å². The second-order valence-corrected chi connectivity index (χ2v) is 7.74. The van der Waals surface area contributed by atoms with Crippen molar-refractivity contribution in [2.45, 2.75) is 32.6 Å². The summed E-state index contributed by atoms with van der Waals surface area (Å²) in [5.41, 5.74) is 5.81. The lowest BCUT2D eigenvalue weighted by Crippen LogP contribution is -2.15. The van der Waals surface area contributed by atoms with Crippen LogP contribution in [0.4, 0.5) is 0 Å². The molecule has 0 spiro atoms. The molecule has 0 aliphatic carbocycles. The highest BCUT2D eigenvalue weighted by molar-refractivity contribution is 6.03. The van der Waals surface area contributed by atoms with Crippen LogP contribution in [-0.4, -0.2) is 30.1 Å². The Labute approximate surface area is 182 Å². The predicted molar refractivity (Wildman–Crippen MR) is 118 cm³/mol. The van der Waals surface area contributed by atoms with Crippen LogP contribution >= 0.6 is 0 Å². The Morgan fingerprint density at radius 1 is 0.774 bits per heavy atom. The Bertz CT molecular complexity index is 1030. The zero-order valence-corrected chi connectivity index (χ0v) is 17.6. The molecule has 0 fully saturated rings. The molecule has 0 saturated carbocycles. The highest BCUT2D eigenvalue weighted by atomic mass is 16.5. The fraction of sp³-hybridized carbons (Fsp3) is 0.269. The molecule has 0 amide bonds. The van der Waals surface area contributed by atoms with Gasteiger partial charge in [-0.1, -0.05) is 42.0 Å². The Hall–Kier alpha value is -3.47. The third kappa shape index (κ3) is 5.18. The maximum absolute atomic E-state index is 12.5. The summed E-state index contributed by atoms with van der Waals surface area (Å²) in [6.45, 7) is 2.60. The van der Waals surface area contributed by atoms with Crippen LogP contribution in [0.1, 0.15) is 50.4 Å². The lowest BCUT2D eigenvalue weighted by molar-refractivity contribution is 0.0453. The van der Waals surface area contributed by atoms with Crippen molar-refractivity contribution in [3.63, 3.8) is 0 Å². The zero-order valence-electron chi connectivity index (χ0n) is 17.6. The molecule has 3 aromatic rings. The van der Waals surface area contributed by atoms with Gasteiger partial charge in [0.25, 0.3) is 0 Å². The molecule has 5 heteroatoms. The average molecular weight is 415 g/mol. The number of pyridine rings is 1. The molecule has 4 rings (SSSR count). The summed E-state index contributed by atoms with van der Waals surface area (Å²) in [7, 11) is 0. The normalized spacial score (nSPS) is 15.1. The largest absolute Gasteiger partial charge is 0.462 e. The second-order valence-electron chi connectivity index (χ2n) is 7.74. The van der Waals surface area contributed by atoms with Crippen LogP contribution in [0.5, 0.6) is 0 Å². The van der Waals surface area contributed by atoms with Crippen molar-refractivity contribution in [3.05, 3.63) is 88.6 Å². The molecule has 0 N–H and O–H groups in total. The van der Waals surface area contributed by atoms with Crippen LogP contribution in [0.25, 0.3) is 11.3 Å². The molecule has 0 radical (unpaired) electrons. The first-order valence-corrected chi connectivity index (χ1v) is 10.6. The smallest absolute Gasteiger partial charge is 0.339 e. The molecule has 1 aromatic heterocycles. The SMILES string of the molecule is Cc1ccc(-c2cc3cc(n2)CCCOC(=O)c2ccccc2C(=O)OCCC3)cc1. The molecule has 31 heavy (non-hydrogen) atoms. The monoisotopic (exact) mass is 415 g/mol. The number of ether oxygens (including phenoxy) is 2. The minimum atomic E-state index is -0.510.